The molecule has 2 saturated heterocycles. The summed E-state index contributed by atoms with van der Waals surface area (Å²) in [7, 11) is 0. The lowest BCUT2D eigenvalue weighted by Gasteiger charge is -2.39. The number of carbonyl (C=O) groups is 3. The summed E-state index contributed by atoms with van der Waals surface area (Å²) in [5.41, 5.74) is 2.21. The summed E-state index contributed by atoms with van der Waals surface area (Å²) in [6, 6.07) is 13.7. The van der Waals surface area contributed by atoms with Crippen molar-refractivity contribution >= 4 is 23.5 Å². The van der Waals surface area contributed by atoms with Gasteiger partial charge in [0.05, 0.1) is 31.3 Å². The van der Waals surface area contributed by atoms with Gasteiger partial charge in [0.1, 0.15) is 17.6 Å². The van der Waals surface area contributed by atoms with E-state index in [0.717, 1.165) is 41.6 Å². The summed E-state index contributed by atoms with van der Waals surface area (Å²) in [5, 5.41) is 10.7. The molecule has 0 radical (unpaired) electrons. The van der Waals surface area contributed by atoms with Crippen molar-refractivity contribution in [2.45, 2.75) is 63.3 Å². The van der Waals surface area contributed by atoms with Gasteiger partial charge in [0.2, 0.25) is 5.91 Å². The Labute approximate surface area is 246 Å². The van der Waals surface area contributed by atoms with Crippen LogP contribution in [-0.4, -0.2) is 71.3 Å². The third-order valence-corrected chi connectivity index (χ3v) is 9.17. The fourth-order valence-corrected chi connectivity index (χ4v) is 7.32. The molecular weight excluding hydrogens is 532 g/mol. The number of aliphatic hydroxyl groups is 1. The zero-order valence-electron chi connectivity index (χ0n) is 24.1. The van der Waals surface area contributed by atoms with Gasteiger partial charge in [0.25, 0.3) is 5.91 Å². The van der Waals surface area contributed by atoms with Crippen LogP contribution in [0.25, 0.3) is 0 Å². The molecule has 2 amide bonds. The quantitative estimate of drug-likeness (QED) is 0.435. The van der Waals surface area contributed by atoms with E-state index in [-0.39, 0.29) is 25.0 Å². The first-order valence-electron chi connectivity index (χ1n) is 14.9. The number of nitrogens with zero attached hydrogens (tertiary/aromatic N) is 2. The molecule has 8 nitrogen and oxygen atoms in total. The number of hydrogen-bond donors (Lipinski definition) is 1. The van der Waals surface area contributed by atoms with E-state index < -0.39 is 41.6 Å². The Hall–Kier alpha value is -3.75. The van der Waals surface area contributed by atoms with E-state index in [0.29, 0.717) is 13.0 Å². The predicted octanol–water partition coefficient (Wildman–Crippen LogP) is 3.67. The second kappa shape index (κ2) is 11.5. The van der Waals surface area contributed by atoms with E-state index in [1.54, 1.807) is 4.90 Å². The predicted molar refractivity (Wildman–Crippen MR) is 158 cm³/mol. The summed E-state index contributed by atoms with van der Waals surface area (Å²) < 4.78 is 12.4. The molecule has 1 N–H and O–H groups in total. The summed E-state index contributed by atoms with van der Waals surface area (Å²) in [4.78, 5) is 46.3. The minimum atomic E-state index is -1.39. The van der Waals surface area contributed by atoms with Crippen LogP contribution in [0.5, 0.6) is 0 Å². The van der Waals surface area contributed by atoms with Gasteiger partial charge in [-0.05, 0) is 56.2 Å². The van der Waals surface area contributed by atoms with Crippen LogP contribution in [0, 0.1) is 25.7 Å². The highest BCUT2D eigenvalue weighted by molar-refractivity contribution is 6.06. The van der Waals surface area contributed by atoms with Crippen LogP contribution in [0.1, 0.15) is 36.0 Å². The van der Waals surface area contributed by atoms with Gasteiger partial charge in [-0.15, -0.1) is 0 Å². The molecule has 0 aromatic heterocycles. The number of likely N-dealkylation sites (tertiary alicyclic amines) is 1. The topological polar surface area (TPSA) is 96.4 Å². The Bertz CT molecular complexity index is 1400. The number of benzene rings is 2. The summed E-state index contributed by atoms with van der Waals surface area (Å²) in [5.74, 6) is -3.01. The Morgan fingerprint density at radius 2 is 1.74 bits per heavy atom. The standard InChI is InChI=1S/C34H38N2O6/c1-22-12-10-13-23(2)29(22)35-18-11-17-34-28(27-26(42-34)16-8-3-4-9-19-41-33(27)40)31(38)36(30(34)32(35)39)25(21-37)20-24-14-6-5-7-15-24/h5-8,10-17,25-28,30,37H,3-4,9,18-21H2,1-2H3/b16-8-/t25-,26+,27-,28+,30?,34+/m1/s1. The molecule has 0 bridgehead atoms. The van der Waals surface area contributed by atoms with E-state index in [4.69, 9.17) is 9.47 Å². The third-order valence-electron chi connectivity index (χ3n) is 9.17. The summed E-state index contributed by atoms with van der Waals surface area (Å²) in [6.45, 7) is 4.15. The van der Waals surface area contributed by atoms with Gasteiger partial charge >= 0.3 is 5.97 Å². The molecule has 1 unspecified atom stereocenters. The van der Waals surface area contributed by atoms with E-state index in [9.17, 15) is 19.5 Å². The monoisotopic (exact) mass is 570 g/mol. The number of rotatable bonds is 5. The molecule has 42 heavy (non-hydrogen) atoms. The number of cyclic esters (lactones) is 1. The second-order valence-electron chi connectivity index (χ2n) is 11.8. The molecule has 2 aromatic carbocycles. The molecule has 2 aromatic rings. The van der Waals surface area contributed by atoms with Gasteiger partial charge in [-0.25, -0.2) is 0 Å². The van der Waals surface area contributed by atoms with Crippen molar-refractivity contribution < 1.29 is 29.0 Å². The number of allylic oxidation sites excluding steroid dienone is 1. The molecule has 8 heteroatoms. The van der Waals surface area contributed by atoms with E-state index in [2.05, 4.69) is 0 Å². The fraction of sp³-hybridized carbons (Fsp3) is 0.441. The normalized spacial score (nSPS) is 30.7. The van der Waals surface area contributed by atoms with Gasteiger partial charge in [-0.3, -0.25) is 14.4 Å². The zero-order valence-corrected chi connectivity index (χ0v) is 24.1. The Morgan fingerprint density at radius 3 is 2.48 bits per heavy atom. The number of hydrogen-bond acceptors (Lipinski definition) is 6. The summed E-state index contributed by atoms with van der Waals surface area (Å²) >= 11 is 0. The first kappa shape index (κ1) is 28.4. The van der Waals surface area contributed by atoms with Crippen LogP contribution in [0.2, 0.25) is 0 Å². The Kier molecular flexibility index (Phi) is 7.77. The number of anilines is 1. The van der Waals surface area contributed by atoms with Crippen molar-refractivity contribution in [3.63, 3.8) is 0 Å². The third kappa shape index (κ3) is 4.67. The molecular formula is C34H38N2O6. The highest BCUT2D eigenvalue weighted by Crippen LogP contribution is 2.54. The molecule has 6 rings (SSSR count). The highest BCUT2D eigenvalue weighted by atomic mass is 16.6. The second-order valence-corrected chi connectivity index (χ2v) is 11.8. The molecule has 1 spiro atoms. The van der Waals surface area contributed by atoms with Gasteiger partial charge in [0, 0.05) is 12.2 Å². The molecule has 4 heterocycles. The van der Waals surface area contributed by atoms with Gasteiger partial charge < -0.3 is 24.4 Å². The highest BCUT2D eigenvalue weighted by Gasteiger charge is 2.72. The number of esters is 1. The van der Waals surface area contributed by atoms with Crippen molar-refractivity contribution in [3.05, 3.63) is 89.5 Å². The maximum absolute atomic E-state index is 14.8. The maximum Gasteiger partial charge on any atom is 0.312 e. The maximum atomic E-state index is 14.8. The van der Waals surface area contributed by atoms with Gasteiger partial charge in [-0.2, -0.15) is 0 Å². The lowest BCUT2D eigenvalue weighted by molar-refractivity contribution is -0.155. The van der Waals surface area contributed by atoms with Crippen LogP contribution in [-0.2, 0) is 30.3 Å². The van der Waals surface area contributed by atoms with Crippen molar-refractivity contribution in [1.29, 1.82) is 0 Å². The van der Waals surface area contributed by atoms with E-state index in [1.165, 1.54) is 4.90 Å². The minimum absolute atomic E-state index is 0.277. The number of aryl methyl sites for hydroxylation is 2. The molecule has 0 saturated carbocycles. The van der Waals surface area contributed by atoms with E-state index >= 15 is 0 Å². The number of amides is 2. The number of fused-ring (bicyclic) bond motifs is 2. The fourth-order valence-electron chi connectivity index (χ4n) is 7.32. The summed E-state index contributed by atoms with van der Waals surface area (Å²) in [6.07, 6.45) is 9.64. The van der Waals surface area contributed by atoms with Crippen LogP contribution in [0.4, 0.5) is 5.69 Å². The lowest BCUT2D eigenvalue weighted by atomic mass is 9.78. The molecule has 2 fully saturated rings. The number of para-hydroxylation sites is 1. The van der Waals surface area contributed by atoms with Crippen molar-refractivity contribution in [2.75, 3.05) is 24.7 Å². The van der Waals surface area contributed by atoms with Crippen molar-refractivity contribution in [2.24, 2.45) is 11.8 Å². The van der Waals surface area contributed by atoms with Crippen LogP contribution >= 0.6 is 0 Å². The first-order chi connectivity index (χ1) is 20.4. The average molecular weight is 571 g/mol. The smallest absolute Gasteiger partial charge is 0.312 e. The van der Waals surface area contributed by atoms with Crippen molar-refractivity contribution in [1.82, 2.24) is 4.90 Å². The molecule has 220 valence electrons. The van der Waals surface area contributed by atoms with Crippen molar-refractivity contribution in [3.8, 4) is 0 Å². The molecule has 6 atom stereocenters. The van der Waals surface area contributed by atoms with Crippen LogP contribution in [0.15, 0.2) is 72.8 Å². The number of ether oxygens (including phenoxy) is 2. The van der Waals surface area contributed by atoms with Crippen LogP contribution in [0.3, 0.4) is 0 Å². The molecule has 4 aliphatic rings. The molecule has 4 aliphatic heterocycles. The number of carbonyl (C=O) groups excluding carboxylic acids is 3. The van der Waals surface area contributed by atoms with E-state index in [1.807, 2.05) is 86.7 Å². The Morgan fingerprint density at radius 1 is 0.976 bits per heavy atom. The zero-order chi connectivity index (χ0) is 29.4. The van der Waals surface area contributed by atoms with Gasteiger partial charge in [-0.1, -0.05) is 72.8 Å². The van der Waals surface area contributed by atoms with Gasteiger partial charge in [0.15, 0.2) is 0 Å². The Balaban J connectivity index is 1.49. The largest absolute Gasteiger partial charge is 0.465 e. The lowest BCUT2D eigenvalue weighted by Crippen LogP contribution is -2.58. The number of aliphatic hydroxyl groups excluding tert-OH is 1. The van der Waals surface area contributed by atoms with Crippen LogP contribution < -0.4 is 4.90 Å². The minimum Gasteiger partial charge on any atom is -0.465 e. The average Bonchev–Trinajstić information content (AvgIpc) is 3.38. The SMILES string of the molecule is Cc1cccc(C)c1N1CC=C[C@]23O[C@H]4/C=C\CCCCOC(=O)[C@H]4[C@H]2C(=O)N([C@@H](CO)Cc2ccccc2)C3C1=O. The molecule has 0 aliphatic carbocycles. The first-order valence-corrected chi connectivity index (χ1v) is 14.9.